The maximum absolute atomic E-state index is 12.5. The van der Waals surface area contributed by atoms with Crippen LogP contribution in [0.4, 0.5) is 5.69 Å². The Hall–Kier alpha value is -5.88. The second kappa shape index (κ2) is 17.2. The molecule has 12 heteroatoms. The number of nitrogens with zero attached hydrogens (tertiary/aromatic N) is 3. The van der Waals surface area contributed by atoms with E-state index in [2.05, 4.69) is 102 Å². The van der Waals surface area contributed by atoms with E-state index in [0.29, 0.717) is 39.2 Å². The van der Waals surface area contributed by atoms with Crippen LogP contribution in [0.2, 0.25) is 5.02 Å². The standard InChI is InChI=1S/C32H20ClN5O5S/c1-3-4-5-6-7-8-9-10-11-12-13-14-15-16-25(32(40)41)23-29(39)34-26-17-19-27(20-18-26)44(42)43-22-21-28-35-31-30(33)24(2)36-38(31)37-28/h16-20,25H,1,21-23H2,2H3,(H,34,39)(H,35,37)(H,40,41). The van der Waals surface area contributed by atoms with Gasteiger partial charge in [-0.05, 0) is 107 Å². The van der Waals surface area contributed by atoms with Crippen LogP contribution in [0.3, 0.4) is 0 Å². The fourth-order valence-corrected chi connectivity index (χ4v) is 4.02. The molecule has 3 rings (SSSR count). The number of benzene rings is 1. The van der Waals surface area contributed by atoms with Gasteiger partial charge in [-0.25, -0.2) is 4.21 Å². The predicted molar refractivity (Wildman–Crippen MR) is 160 cm³/mol. The smallest absolute Gasteiger partial charge is 0.311 e. The van der Waals surface area contributed by atoms with Gasteiger partial charge in [-0.3, -0.25) is 13.8 Å². The normalized spacial score (nSPS) is 10.4. The van der Waals surface area contributed by atoms with Crippen molar-refractivity contribution in [1.82, 2.24) is 19.8 Å². The van der Waals surface area contributed by atoms with Crippen LogP contribution in [-0.2, 0) is 31.3 Å². The van der Waals surface area contributed by atoms with Crippen molar-refractivity contribution in [3.05, 3.63) is 128 Å². The van der Waals surface area contributed by atoms with Gasteiger partial charge in [0.2, 0.25) is 5.91 Å². The minimum atomic E-state index is -1.76. The molecule has 10 nitrogen and oxygen atoms in total. The average molecular weight is 622 g/mol. The Labute approximate surface area is 258 Å². The number of aromatic amines is 1. The molecule has 2 atom stereocenters. The number of amides is 1. The number of aryl methyl sites for hydroxylation is 1. The summed E-state index contributed by atoms with van der Waals surface area (Å²) >= 11 is 4.39. The molecule has 216 valence electrons. The van der Waals surface area contributed by atoms with Crippen LogP contribution in [0.5, 0.6) is 0 Å². The lowest BCUT2D eigenvalue weighted by molar-refractivity contribution is -0.141. The number of carboxylic acid groups (broad SMARTS) is 1. The summed E-state index contributed by atoms with van der Waals surface area (Å²) in [5, 5.41) is 20.9. The fourth-order valence-electron chi connectivity index (χ4n) is 3.13. The summed E-state index contributed by atoms with van der Waals surface area (Å²) in [7, 11) is 0. The number of fused-ring (bicyclic) bond motifs is 1. The number of anilines is 1. The second-order valence-corrected chi connectivity index (χ2v) is 9.75. The lowest BCUT2D eigenvalue weighted by Crippen LogP contribution is -2.20. The molecule has 2 heterocycles. The molecule has 3 N–H and O–H groups in total. The van der Waals surface area contributed by atoms with E-state index in [1.807, 2.05) is 0 Å². The fraction of sp³-hybridized carbons (Fsp3) is 0.156. The van der Waals surface area contributed by atoms with Crippen molar-refractivity contribution in [1.29, 1.82) is 0 Å². The van der Waals surface area contributed by atoms with Gasteiger partial charge in [0.1, 0.15) is 10.8 Å². The maximum atomic E-state index is 12.5. The molecule has 0 aliphatic carbocycles. The number of aliphatic carboxylic acids is 1. The molecule has 0 spiro atoms. The van der Waals surface area contributed by atoms with Crippen molar-refractivity contribution in [2.45, 2.75) is 24.7 Å². The quantitative estimate of drug-likeness (QED) is 0.283. The van der Waals surface area contributed by atoms with Crippen LogP contribution < -0.4 is 5.32 Å². The van der Waals surface area contributed by atoms with E-state index in [4.69, 9.17) is 15.8 Å². The molecule has 0 saturated heterocycles. The van der Waals surface area contributed by atoms with Crippen LogP contribution in [0.15, 0.2) is 116 Å². The van der Waals surface area contributed by atoms with Crippen LogP contribution in [-0.4, -0.2) is 47.6 Å². The highest BCUT2D eigenvalue weighted by Gasteiger charge is 2.19. The van der Waals surface area contributed by atoms with E-state index in [1.54, 1.807) is 6.92 Å². The van der Waals surface area contributed by atoms with E-state index in [0.717, 1.165) is 0 Å². The monoisotopic (exact) mass is 621 g/mol. The molecule has 0 aliphatic heterocycles. The summed E-state index contributed by atoms with van der Waals surface area (Å²) in [5.74, 6) is -2.36. The SMILES string of the molecule is C=C=C=C=C=C=C=C=C=C=C=C=C=C=CC(CC(=O)Nc1ccc(S(=O)OCCc2nn3nc(C)c(Cl)c3[nH]2)cc1)C(=O)O. The number of hydrogen-bond donors (Lipinski definition) is 3. The zero-order valence-corrected chi connectivity index (χ0v) is 24.6. The lowest BCUT2D eigenvalue weighted by atomic mass is 10.1. The van der Waals surface area contributed by atoms with Crippen LogP contribution in [0.1, 0.15) is 17.9 Å². The number of H-pyrrole nitrogens is 1. The number of carboxylic acids is 1. The molecule has 2 unspecified atom stereocenters. The first-order valence-electron chi connectivity index (χ1n) is 12.4. The molecule has 0 aliphatic rings. The van der Waals surface area contributed by atoms with Crippen molar-refractivity contribution in [3.8, 4) is 0 Å². The van der Waals surface area contributed by atoms with Crippen molar-refractivity contribution in [3.63, 3.8) is 0 Å². The molecule has 0 saturated carbocycles. The summed E-state index contributed by atoms with van der Waals surface area (Å²) in [6.45, 7) is 5.19. The molecule has 1 amide bonds. The molecule has 0 bridgehead atoms. The minimum Gasteiger partial charge on any atom is -0.481 e. The van der Waals surface area contributed by atoms with Gasteiger partial charge in [0.05, 0.1) is 23.1 Å². The van der Waals surface area contributed by atoms with Gasteiger partial charge in [0.25, 0.3) is 0 Å². The lowest BCUT2D eigenvalue weighted by Gasteiger charge is -2.09. The van der Waals surface area contributed by atoms with Gasteiger partial charge in [-0.2, -0.15) is 5.10 Å². The Morgan fingerprint density at radius 3 is 2.27 bits per heavy atom. The Morgan fingerprint density at radius 2 is 1.68 bits per heavy atom. The number of aromatic nitrogens is 4. The highest BCUT2D eigenvalue weighted by Crippen LogP contribution is 2.19. The summed E-state index contributed by atoms with van der Waals surface area (Å²) in [6.07, 6.45) is 1.16. The van der Waals surface area contributed by atoms with E-state index >= 15 is 0 Å². The van der Waals surface area contributed by atoms with Crippen LogP contribution in [0.25, 0.3) is 5.65 Å². The third-order valence-electron chi connectivity index (χ3n) is 5.10. The Balaban J connectivity index is 1.54. The van der Waals surface area contributed by atoms with Crippen molar-refractivity contribution >= 4 is 45.9 Å². The highest BCUT2D eigenvalue weighted by molar-refractivity contribution is 7.80. The van der Waals surface area contributed by atoms with E-state index in [1.165, 1.54) is 35.0 Å². The Morgan fingerprint density at radius 1 is 1.07 bits per heavy atom. The number of rotatable bonds is 10. The van der Waals surface area contributed by atoms with Gasteiger partial charge < -0.3 is 15.4 Å². The number of nitrogens with one attached hydrogen (secondary N) is 2. The molecule has 0 radical (unpaired) electrons. The van der Waals surface area contributed by atoms with Crippen molar-refractivity contribution < 1.29 is 23.1 Å². The first kappa shape index (κ1) is 32.6. The van der Waals surface area contributed by atoms with Gasteiger partial charge >= 0.3 is 5.97 Å². The third-order valence-corrected chi connectivity index (χ3v) is 6.59. The van der Waals surface area contributed by atoms with Gasteiger partial charge in [0.15, 0.2) is 16.7 Å². The first-order chi connectivity index (χ1) is 21.3. The second-order valence-electron chi connectivity index (χ2n) is 8.20. The Kier molecular flexibility index (Phi) is 12.7. The number of halogens is 1. The number of carbonyl (C=O) groups is 2. The first-order valence-corrected chi connectivity index (χ1v) is 13.9. The average Bonchev–Trinajstić information content (AvgIpc) is 3.51. The number of carbonyl (C=O) groups excluding carboxylic acids is 1. The third kappa shape index (κ3) is 10.5. The van der Waals surface area contributed by atoms with Crippen molar-refractivity contribution in [2.24, 2.45) is 5.92 Å². The molecule has 2 aromatic heterocycles. The van der Waals surface area contributed by atoms with Gasteiger partial charge in [0, 0.05) is 18.5 Å². The Bertz CT molecular complexity index is 2130. The summed E-state index contributed by atoms with van der Waals surface area (Å²) < 4.78 is 19.3. The van der Waals surface area contributed by atoms with Crippen LogP contribution in [0, 0.1) is 12.8 Å². The van der Waals surface area contributed by atoms with Gasteiger partial charge in [-0.1, -0.05) is 23.1 Å². The zero-order chi connectivity index (χ0) is 31.7. The van der Waals surface area contributed by atoms with E-state index < -0.39 is 28.9 Å². The minimum absolute atomic E-state index is 0.115. The predicted octanol–water partition coefficient (Wildman–Crippen LogP) is 4.53. The topological polar surface area (TPSA) is 139 Å². The van der Waals surface area contributed by atoms with E-state index in [-0.39, 0.29) is 13.0 Å². The number of hydrogen-bond acceptors (Lipinski definition) is 6. The molecular formula is C32H20ClN5O5S. The van der Waals surface area contributed by atoms with Crippen molar-refractivity contribution in [2.75, 3.05) is 11.9 Å². The molecule has 3 aromatic rings. The molecule has 0 fully saturated rings. The largest absolute Gasteiger partial charge is 0.481 e. The maximum Gasteiger partial charge on any atom is 0.311 e. The highest BCUT2D eigenvalue weighted by atomic mass is 35.5. The van der Waals surface area contributed by atoms with Crippen LogP contribution >= 0.6 is 11.6 Å². The summed E-state index contributed by atoms with van der Waals surface area (Å²) in [4.78, 5) is 27.4. The molecular weight excluding hydrogens is 602 g/mol. The summed E-state index contributed by atoms with van der Waals surface area (Å²) in [5.41, 5.74) is 33.4. The summed E-state index contributed by atoms with van der Waals surface area (Å²) in [6, 6.07) is 6.12. The van der Waals surface area contributed by atoms with E-state index in [9.17, 15) is 18.9 Å². The van der Waals surface area contributed by atoms with Gasteiger partial charge in [-0.15, -0.1) is 9.73 Å². The molecule has 44 heavy (non-hydrogen) atoms. The molecule has 1 aromatic carbocycles. The zero-order valence-electron chi connectivity index (χ0n) is 23.0.